The number of esters is 2. The third kappa shape index (κ3) is 4.96. The standard InChI is InChI=1S/C24H21N3O6/c1-15-19(23(28)32-2)20(17-10-6-11-18(14-17)27(30)31)21(24(29)33-13-7-12-25)22(26-15)16-8-4-3-5-9-16/h3-6,8-11,14,19-20H,7,13H2,1-2H3. The van der Waals surface area contributed by atoms with Crippen LogP contribution in [0.15, 0.2) is 65.2 Å². The number of hydrogen-bond donors (Lipinski definition) is 0. The molecular formula is C24H21N3O6. The van der Waals surface area contributed by atoms with Gasteiger partial charge in [0.1, 0.15) is 12.5 Å². The predicted molar refractivity (Wildman–Crippen MR) is 119 cm³/mol. The van der Waals surface area contributed by atoms with Crippen molar-refractivity contribution in [3.05, 3.63) is 81.4 Å². The van der Waals surface area contributed by atoms with Gasteiger partial charge in [-0.15, -0.1) is 0 Å². The Kier molecular flexibility index (Phi) is 7.31. The molecule has 0 radical (unpaired) electrons. The molecule has 9 heteroatoms. The Morgan fingerprint density at radius 3 is 2.55 bits per heavy atom. The second kappa shape index (κ2) is 10.3. The average Bonchev–Trinajstić information content (AvgIpc) is 2.83. The number of nitro groups is 1. The van der Waals surface area contributed by atoms with Gasteiger partial charge in [-0.2, -0.15) is 5.26 Å². The van der Waals surface area contributed by atoms with Crippen LogP contribution >= 0.6 is 0 Å². The van der Waals surface area contributed by atoms with Crippen molar-refractivity contribution in [3.8, 4) is 6.07 Å². The Hall–Kier alpha value is -4.32. The Balaban J connectivity index is 2.29. The fraction of sp³-hybridized carbons (Fsp3) is 0.250. The minimum atomic E-state index is -0.997. The van der Waals surface area contributed by atoms with Crippen LogP contribution in [-0.2, 0) is 19.1 Å². The predicted octanol–water partition coefficient (Wildman–Crippen LogP) is 3.81. The zero-order valence-corrected chi connectivity index (χ0v) is 18.1. The number of nitro benzene ring substituents is 1. The van der Waals surface area contributed by atoms with Crippen LogP contribution in [0.5, 0.6) is 0 Å². The van der Waals surface area contributed by atoms with Gasteiger partial charge >= 0.3 is 11.9 Å². The highest BCUT2D eigenvalue weighted by Gasteiger charge is 2.43. The topological polar surface area (TPSA) is 132 Å². The molecule has 1 aliphatic heterocycles. The fourth-order valence-corrected chi connectivity index (χ4v) is 3.79. The molecule has 1 aliphatic rings. The third-order valence-electron chi connectivity index (χ3n) is 5.25. The van der Waals surface area contributed by atoms with Crippen LogP contribution in [0.1, 0.15) is 30.4 Å². The number of ether oxygens (including phenoxy) is 2. The minimum Gasteiger partial charge on any atom is -0.468 e. The van der Waals surface area contributed by atoms with Crippen LogP contribution in [0.3, 0.4) is 0 Å². The Bertz CT molecular complexity index is 1180. The van der Waals surface area contributed by atoms with Crippen LogP contribution < -0.4 is 0 Å². The van der Waals surface area contributed by atoms with E-state index in [0.717, 1.165) is 0 Å². The summed E-state index contributed by atoms with van der Waals surface area (Å²) in [5, 5.41) is 20.2. The van der Waals surface area contributed by atoms with Gasteiger partial charge in [0.25, 0.3) is 5.69 Å². The van der Waals surface area contributed by atoms with E-state index in [0.29, 0.717) is 22.5 Å². The summed E-state index contributed by atoms with van der Waals surface area (Å²) in [6.07, 6.45) is -0.0100. The van der Waals surface area contributed by atoms with Crippen LogP contribution in [0.2, 0.25) is 0 Å². The molecule has 0 bridgehead atoms. The zero-order chi connectivity index (χ0) is 24.0. The van der Waals surface area contributed by atoms with Gasteiger partial charge in [0.05, 0.1) is 35.8 Å². The van der Waals surface area contributed by atoms with Crippen molar-refractivity contribution < 1.29 is 24.0 Å². The van der Waals surface area contributed by atoms with E-state index in [1.165, 1.54) is 25.3 Å². The van der Waals surface area contributed by atoms with Gasteiger partial charge in [-0.25, -0.2) is 4.79 Å². The number of nitriles is 1. The largest absolute Gasteiger partial charge is 0.468 e. The van der Waals surface area contributed by atoms with E-state index in [9.17, 15) is 19.7 Å². The van der Waals surface area contributed by atoms with Gasteiger partial charge < -0.3 is 9.47 Å². The molecule has 168 valence electrons. The molecule has 2 aromatic rings. The van der Waals surface area contributed by atoms with Gasteiger partial charge in [0.2, 0.25) is 0 Å². The van der Waals surface area contributed by atoms with E-state index in [4.69, 9.17) is 14.7 Å². The maximum absolute atomic E-state index is 13.3. The van der Waals surface area contributed by atoms with Gasteiger partial charge in [0, 0.05) is 29.3 Å². The molecular weight excluding hydrogens is 426 g/mol. The molecule has 0 saturated heterocycles. The number of hydrogen-bond acceptors (Lipinski definition) is 8. The summed E-state index contributed by atoms with van der Waals surface area (Å²) >= 11 is 0. The molecule has 0 spiro atoms. The minimum absolute atomic E-state index is 0.0100. The van der Waals surface area contributed by atoms with Crippen LogP contribution in [0.25, 0.3) is 5.70 Å². The summed E-state index contributed by atoms with van der Waals surface area (Å²) < 4.78 is 10.3. The lowest BCUT2D eigenvalue weighted by atomic mass is 9.74. The van der Waals surface area contributed by atoms with E-state index in [2.05, 4.69) is 4.99 Å². The summed E-state index contributed by atoms with van der Waals surface area (Å²) in [7, 11) is 1.22. The molecule has 1 heterocycles. The first kappa shape index (κ1) is 23.3. The van der Waals surface area contributed by atoms with E-state index in [1.807, 2.05) is 12.1 Å². The number of rotatable bonds is 7. The molecule has 2 unspecified atom stereocenters. The first-order chi connectivity index (χ1) is 15.9. The number of aliphatic imine (C=N–C) groups is 1. The molecule has 0 aliphatic carbocycles. The molecule has 0 aromatic heterocycles. The highest BCUT2D eigenvalue weighted by Crippen LogP contribution is 2.43. The molecule has 33 heavy (non-hydrogen) atoms. The second-order valence-corrected chi connectivity index (χ2v) is 7.26. The Morgan fingerprint density at radius 2 is 1.91 bits per heavy atom. The molecule has 0 saturated carbocycles. The Labute approximate surface area is 190 Å². The Morgan fingerprint density at radius 1 is 1.18 bits per heavy atom. The van der Waals surface area contributed by atoms with Crippen molar-refractivity contribution >= 4 is 29.0 Å². The smallest absolute Gasteiger partial charge is 0.336 e. The van der Waals surface area contributed by atoms with E-state index >= 15 is 0 Å². The monoisotopic (exact) mass is 447 g/mol. The maximum Gasteiger partial charge on any atom is 0.336 e. The second-order valence-electron chi connectivity index (χ2n) is 7.26. The van der Waals surface area contributed by atoms with Crippen LogP contribution in [-0.4, -0.2) is 36.3 Å². The normalized spacial score (nSPS) is 17.5. The van der Waals surface area contributed by atoms with Crippen molar-refractivity contribution in [2.45, 2.75) is 19.3 Å². The fourth-order valence-electron chi connectivity index (χ4n) is 3.79. The molecule has 0 N–H and O–H groups in total. The number of carbonyl (C=O) groups is 2. The number of non-ortho nitro benzene ring substituents is 1. The molecule has 2 atom stereocenters. The van der Waals surface area contributed by atoms with Crippen molar-refractivity contribution in [2.24, 2.45) is 10.9 Å². The summed E-state index contributed by atoms with van der Waals surface area (Å²) in [6, 6.07) is 16.5. The van der Waals surface area contributed by atoms with Gasteiger partial charge in [-0.05, 0) is 12.5 Å². The number of methoxy groups -OCH3 is 1. The number of carbonyl (C=O) groups excluding carboxylic acids is 2. The first-order valence-electron chi connectivity index (χ1n) is 10.1. The van der Waals surface area contributed by atoms with Crippen LogP contribution in [0, 0.1) is 27.4 Å². The van der Waals surface area contributed by atoms with Crippen molar-refractivity contribution in [3.63, 3.8) is 0 Å². The molecule has 3 rings (SSSR count). The molecule has 0 amide bonds. The highest BCUT2D eigenvalue weighted by molar-refractivity contribution is 6.11. The summed E-state index contributed by atoms with van der Waals surface area (Å²) in [5.74, 6) is -3.34. The van der Waals surface area contributed by atoms with Gasteiger partial charge in [-0.1, -0.05) is 42.5 Å². The lowest BCUT2D eigenvalue weighted by molar-refractivity contribution is -0.384. The SMILES string of the molecule is COC(=O)C1C(C)=NC(c2ccccc2)=C(C(=O)OCCC#N)C1c1cccc([N+](=O)[O-])c1. The molecule has 0 fully saturated rings. The zero-order valence-electron chi connectivity index (χ0n) is 18.1. The lowest BCUT2D eigenvalue weighted by Crippen LogP contribution is -2.36. The van der Waals surface area contributed by atoms with E-state index in [1.54, 1.807) is 37.3 Å². The van der Waals surface area contributed by atoms with Crippen molar-refractivity contribution in [1.29, 1.82) is 5.26 Å². The highest BCUT2D eigenvalue weighted by atomic mass is 16.6. The van der Waals surface area contributed by atoms with E-state index < -0.39 is 28.7 Å². The van der Waals surface area contributed by atoms with Crippen molar-refractivity contribution in [2.75, 3.05) is 13.7 Å². The molecule has 2 aromatic carbocycles. The summed E-state index contributed by atoms with van der Waals surface area (Å²) in [5.41, 5.74) is 1.56. The third-order valence-corrected chi connectivity index (χ3v) is 5.25. The van der Waals surface area contributed by atoms with Gasteiger partial charge in [-0.3, -0.25) is 19.9 Å². The summed E-state index contributed by atoms with van der Waals surface area (Å²) in [4.78, 5) is 41.5. The first-order valence-corrected chi connectivity index (χ1v) is 10.1. The van der Waals surface area contributed by atoms with Crippen LogP contribution in [0.4, 0.5) is 5.69 Å². The summed E-state index contributed by atoms with van der Waals surface area (Å²) in [6.45, 7) is 1.50. The molecule has 9 nitrogen and oxygen atoms in total. The van der Waals surface area contributed by atoms with Crippen molar-refractivity contribution in [1.82, 2.24) is 0 Å². The maximum atomic E-state index is 13.3. The lowest BCUT2D eigenvalue weighted by Gasteiger charge is -2.32. The van der Waals surface area contributed by atoms with E-state index in [-0.39, 0.29) is 24.3 Å². The number of benzene rings is 2. The van der Waals surface area contributed by atoms with Gasteiger partial charge in [0.15, 0.2) is 0 Å². The number of nitrogens with zero attached hydrogens (tertiary/aromatic N) is 3. The average molecular weight is 447 g/mol. The quantitative estimate of drug-likeness (QED) is 0.273.